The minimum atomic E-state index is 0.893. The van der Waals surface area contributed by atoms with Gasteiger partial charge in [0, 0.05) is 40.8 Å². The van der Waals surface area contributed by atoms with Gasteiger partial charge in [0.15, 0.2) is 0 Å². The van der Waals surface area contributed by atoms with E-state index >= 15 is 0 Å². The minimum Gasteiger partial charge on any atom is -0.384 e. The summed E-state index contributed by atoms with van der Waals surface area (Å²) >= 11 is 1.77. The van der Waals surface area contributed by atoms with Crippen molar-refractivity contribution in [3.63, 3.8) is 0 Å². The highest BCUT2D eigenvalue weighted by molar-refractivity contribution is 7.11. The topological polar surface area (TPSA) is 37.8 Å². The first-order valence-corrected chi connectivity index (χ1v) is 8.11. The third kappa shape index (κ3) is 3.22. The third-order valence-electron chi connectivity index (χ3n) is 3.45. The van der Waals surface area contributed by atoms with Gasteiger partial charge in [0.25, 0.3) is 0 Å². The Kier molecular flexibility index (Phi) is 4.15. The molecule has 21 heavy (non-hydrogen) atoms. The van der Waals surface area contributed by atoms with Crippen molar-refractivity contribution in [2.45, 2.75) is 26.7 Å². The van der Waals surface area contributed by atoms with E-state index in [4.69, 9.17) is 0 Å². The van der Waals surface area contributed by atoms with Gasteiger partial charge in [-0.2, -0.15) is 0 Å². The van der Waals surface area contributed by atoms with Crippen LogP contribution in [0.15, 0.2) is 36.5 Å². The number of pyridine rings is 1. The molecule has 3 nitrogen and oxygen atoms in total. The maximum absolute atomic E-state index is 4.67. The van der Waals surface area contributed by atoms with Crippen LogP contribution in [-0.2, 0) is 12.8 Å². The van der Waals surface area contributed by atoms with Crippen LogP contribution in [-0.4, -0.2) is 16.5 Å². The maximum atomic E-state index is 4.67. The van der Waals surface area contributed by atoms with E-state index in [1.54, 1.807) is 11.3 Å². The van der Waals surface area contributed by atoms with Crippen molar-refractivity contribution >= 4 is 27.9 Å². The lowest BCUT2D eigenvalue weighted by atomic mass is 10.1. The smallest absolute Gasteiger partial charge is 0.0945 e. The molecule has 3 rings (SSSR count). The largest absolute Gasteiger partial charge is 0.384 e. The SMILES string of the molecule is CCc1cc(NCCc2ncc(C)s2)c2ccccc2n1. The number of thiazole rings is 1. The molecule has 0 saturated carbocycles. The van der Waals surface area contributed by atoms with E-state index in [2.05, 4.69) is 53.4 Å². The summed E-state index contributed by atoms with van der Waals surface area (Å²) in [5.74, 6) is 0. The van der Waals surface area contributed by atoms with Crippen LogP contribution in [0, 0.1) is 6.92 Å². The Morgan fingerprint density at radius 1 is 1.24 bits per heavy atom. The van der Waals surface area contributed by atoms with Gasteiger partial charge in [-0.15, -0.1) is 11.3 Å². The van der Waals surface area contributed by atoms with Crippen LogP contribution >= 0.6 is 11.3 Å². The summed E-state index contributed by atoms with van der Waals surface area (Å²) in [6.07, 6.45) is 3.85. The monoisotopic (exact) mass is 297 g/mol. The van der Waals surface area contributed by atoms with Gasteiger partial charge in [-0.05, 0) is 25.5 Å². The van der Waals surface area contributed by atoms with Crippen LogP contribution < -0.4 is 5.32 Å². The zero-order valence-electron chi connectivity index (χ0n) is 12.4. The second-order valence-electron chi connectivity index (χ2n) is 5.07. The van der Waals surface area contributed by atoms with Gasteiger partial charge in [-0.1, -0.05) is 25.1 Å². The van der Waals surface area contributed by atoms with E-state index in [9.17, 15) is 0 Å². The molecule has 2 heterocycles. The molecule has 0 saturated heterocycles. The van der Waals surface area contributed by atoms with E-state index in [1.165, 1.54) is 21.0 Å². The number of aromatic nitrogens is 2. The molecule has 4 heteroatoms. The summed E-state index contributed by atoms with van der Waals surface area (Å²) in [4.78, 5) is 10.4. The summed E-state index contributed by atoms with van der Waals surface area (Å²) in [6, 6.07) is 10.5. The quantitative estimate of drug-likeness (QED) is 0.766. The van der Waals surface area contributed by atoms with Crippen LogP contribution in [0.1, 0.15) is 22.5 Å². The van der Waals surface area contributed by atoms with E-state index in [0.29, 0.717) is 0 Å². The van der Waals surface area contributed by atoms with Crippen molar-refractivity contribution in [2.75, 3.05) is 11.9 Å². The van der Waals surface area contributed by atoms with Gasteiger partial charge in [0.05, 0.1) is 10.5 Å². The van der Waals surface area contributed by atoms with Gasteiger partial charge in [-0.3, -0.25) is 4.98 Å². The predicted molar refractivity (Wildman–Crippen MR) is 90.2 cm³/mol. The number of nitrogens with one attached hydrogen (secondary N) is 1. The minimum absolute atomic E-state index is 0.893. The number of rotatable bonds is 5. The van der Waals surface area contributed by atoms with Crippen LogP contribution in [0.3, 0.4) is 0 Å². The highest BCUT2D eigenvalue weighted by Crippen LogP contribution is 2.23. The molecule has 0 fully saturated rings. The molecule has 1 aromatic carbocycles. The number of para-hydroxylation sites is 1. The number of hydrogen-bond acceptors (Lipinski definition) is 4. The summed E-state index contributed by atoms with van der Waals surface area (Å²) in [5.41, 5.74) is 3.36. The zero-order chi connectivity index (χ0) is 14.7. The molecular weight excluding hydrogens is 278 g/mol. The van der Waals surface area contributed by atoms with Crippen molar-refractivity contribution in [3.05, 3.63) is 52.1 Å². The van der Waals surface area contributed by atoms with Gasteiger partial charge < -0.3 is 5.32 Å². The molecule has 0 bridgehead atoms. The number of hydrogen-bond donors (Lipinski definition) is 1. The van der Waals surface area contributed by atoms with Crippen LogP contribution in [0.25, 0.3) is 10.9 Å². The molecule has 0 unspecified atom stereocenters. The number of nitrogens with zero attached hydrogens (tertiary/aromatic N) is 2. The first-order chi connectivity index (χ1) is 10.3. The number of anilines is 1. The highest BCUT2D eigenvalue weighted by atomic mass is 32.1. The summed E-state index contributed by atoms with van der Waals surface area (Å²) in [5, 5.41) is 5.92. The van der Waals surface area contributed by atoms with Gasteiger partial charge in [0.2, 0.25) is 0 Å². The van der Waals surface area contributed by atoms with Crippen molar-refractivity contribution in [3.8, 4) is 0 Å². The molecule has 0 amide bonds. The van der Waals surface area contributed by atoms with E-state index in [-0.39, 0.29) is 0 Å². The predicted octanol–water partition coefficient (Wildman–Crippen LogP) is 4.22. The lowest BCUT2D eigenvalue weighted by molar-refractivity contribution is 0.994. The standard InChI is InChI=1S/C17H19N3S/c1-3-13-10-16(14-6-4-5-7-15(14)20-13)18-9-8-17-19-11-12(2)21-17/h4-7,10-11H,3,8-9H2,1-2H3,(H,18,20). The molecule has 0 aliphatic carbocycles. The van der Waals surface area contributed by atoms with Crippen molar-refractivity contribution in [1.82, 2.24) is 9.97 Å². The first kappa shape index (κ1) is 14.0. The third-order valence-corrected chi connectivity index (χ3v) is 4.43. The van der Waals surface area contributed by atoms with Crippen LogP contribution in [0.4, 0.5) is 5.69 Å². The summed E-state index contributed by atoms with van der Waals surface area (Å²) in [6.45, 7) is 5.13. The lowest BCUT2D eigenvalue weighted by Gasteiger charge is -2.11. The molecule has 0 atom stereocenters. The lowest BCUT2D eigenvalue weighted by Crippen LogP contribution is -2.06. The fourth-order valence-electron chi connectivity index (χ4n) is 2.38. The second-order valence-corrected chi connectivity index (χ2v) is 6.39. The Labute approximate surface area is 129 Å². The van der Waals surface area contributed by atoms with Gasteiger partial charge >= 0.3 is 0 Å². The van der Waals surface area contributed by atoms with E-state index in [1.807, 2.05) is 12.3 Å². The molecule has 2 aromatic heterocycles. The number of fused-ring (bicyclic) bond motifs is 1. The Morgan fingerprint density at radius 3 is 2.86 bits per heavy atom. The Hall–Kier alpha value is -1.94. The normalized spacial score (nSPS) is 11.0. The molecule has 0 radical (unpaired) electrons. The zero-order valence-corrected chi connectivity index (χ0v) is 13.2. The molecule has 0 aliphatic rings. The maximum Gasteiger partial charge on any atom is 0.0945 e. The fraction of sp³-hybridized carbons (Fsp3) is 0.294. The fourth-order valence-corrected chi connectivity index (χ4v) is 3.17. The molecule has 3 aromatic rings. The van der Waals surface area contributed by atoms with Crippen molar-refractivity contribution in [2.24, 2.45) is 0 Å². The van der Waals surface area contributed by atoms with Crippen LogP contribution in [0.2, 0.25) is 0 Å². The van der Waals surface area contributed by atoms with Crippen molar-refractivity contribution < 1.29 is 0 Å². The van der Waals surface area contributed by atoms with E-state index in [0.717, 1.165) is 30.6 Å². The Morgan fingerprint density at radius 2 is 2.10 bits per heavy atom. The molecule has 0 aliphatic heterocycles. The molecule has 108 valence electrons. The molecule has 1 N–H and O–H groups in total. The highest BCUT2D eigenvalue weighted by Gasteiger charge is 2.05. The Balaban J connectivity index is 1.79. The Bertz CT molecular complexity index is 749. The summed E-state index contributed by atoms with van der Waals surface area (Å²) in [7, 11) is 0. The van der Waals surface area contributed by atoms with E-state index < -0.39 is 0 Å². The first-order valence-electron chi connectivity index (χ1n) is 7.30. The van der Waals surface area contributed by atoms with Gasteiger partial charge in [0.1, 0.15) is 0 Å². The molecule has 0 spiro atoms. The average Bonchev–Trinajstić information content (AvgIpc) is 2.92. The second kappa shape index (κ2) is 6.22. The summed E-state index contributed by atoms with van der Waals surface area (Å²) < 4.78 is 0. The van der Waals surface area contributed by atoms with Crippen LogP contribution in [0.5, 0.6) is 0 Å². The number of benzene rings is 1. The van der Waals surface area contributed by atoms with Gasteiger partial charge in [-0.25, -0.2) is 4.98 Å². The molecular formula is C17H19N3S. The number of aryl methyl sites for hydroxylation is 2. The average molecular weight is 297 g/mol. The van der Waals surface area contributed by atoms with Crippen molar-refractivity contribution in [1.29, 1.82) is 0 Å².